The number of Topliss-reactive ketones (excluding diaryl/α,β-unsaturated/α-hetero) is 1. The molecule has 2 unspecified atom stereocenters. The van der Waals surface area contributed by atoms with Crippen LogP contribution >= 0.6 is 0 Å². The number of halogens is 1. The van der Waals surface area contributed by atoms with Crippen LogP contribution in [-0.4, -0.2) is 34.5 Å². The molecule has 2 aliphatic heterocycles. The molecule has 0 radical (unpaired) electrons. The second-order valence-corrected chi connectivity index (χ2v) is 7.79. The van der Waals surface area contributed by atoms with E-state index in [1.807, 2.05) is 20.8 Å². The second-order valence-electron chi connectivity index (χ2n) is 7.79. The summed E-state index contributed by atoms with van der Waals surface area (Å²) < 4.78 is 19.4. The highest BCUT2D eigenvalue weighted by Crippen LogP contribution is 2.40. The Morgan fingerprint density at radius 2 is 1.71 bits per heavy atom. The molecule has 2 atom stereocenters. The van der Waals surface area contributed by atoms with Crippen molar-refractivity contribution in [3.8, 4) is 0 Å². The van der Waals surface area contributed by atoms with Gasteiger partial charge in [-0.2, -0.15) is 0 Å². The molecule has 2 saturated heterocycles. The van der Waals surface area contributed by atoms with E-state index in [0.717, 1.165) is 12.8 Å². The van der Waals surface area contributed by atoms with E-state index in [9.17, 15) is 14.0 Å². The molecule has 2 bridgehead atoms. The Bertz CT molecular complexity index is 638. The average molecular weight is 333 g/mol. The summed E-state index contributed by atoms with van der Waals surface area (Å²) in [4.78, 5) is 26.9. The third-order valence-corrected chi connectivity index (χ3v) is 4.85. The number of fused-ring (bicyclic) bond motifs is 2. The summed E-state index contributed by atoms with van der Waals surface area (Å²) in [5.74, 6) is -0.837. The Balaban J connectivity index is 1.72. The Kier molecular flexibility index (Phi) is 4.37. The molecule has 0 N–H and O–H groups in total. The van der Waals surface area contributed by atoms with Crippen LogP contribution in [0.1, 0.15) is 56.8 Å². The molecule has 1 aromatic carbocycles. The van der Waals surface area contributed by atoms with Crippen LogP contribution in [0.15, 0.2) is 24.3 Å². The molecule has 0 aliphatic carbocycles. The maximum atomic E-state index is 13.9. The number of ketones is 1. The first-order chi connectivity index (χ1) is 11.3. The minimum absolute atomic E-state index is 0.0133. The molecule has 1 aromatic rings. The maximum absolute atomic E-state index is 13.9. The van der Waals surface area contributed by atoms with Crippen molar-refractivity contribution in [2.75, 3.05) is 0 Å². The molecule has 3 rings (SSSR count). The molecule has 2 fully saturated rings. The Morgan fingerprint density at radius 3 is 2.25 bits per heavy atom. The van der Waals surface area contributed by atoms with E-state index < -0.39 is 11.4 Å². The van der Waals surface area contributed by atoms with Crippen molar-refractivity contribution < 1.29 is 18.7 Å². The van der Waals surface area contributed by atoms with E-state index in [-0.39, 0.29) is 35.4 Å². The van der Waals surface area contributed by atoms with Gasteiger partial charge < -0.3 is 9.64 Å². The summed E-state index contributed by atoms with van der Waals surface area (Å²) >= 11 is 0. The predicted octanol–water partition coefficient (Wildman–Crippen LogP) is 4.19. The fourth-order valence-electron chi connectivity index (χ4n) is 3.88. The van der Waals surface area contributed by atoms with Crippen LogP contribution in [0.4, 0.5) is 9.18 Å². The van der Waals surface area contributed by atoms with Gasteiger partial charge in [0.1, 0.15) is 11.4 Å². The molecule has 2 heterocycles. The molecule has 4 nitrogen and oxygen atoms in total. The summed E-state index contributed by atoms with van der Waals surface area (Å²) in [6.07, 6.45) is 2.63. The van der Waals surface area contributed by atoms with Gasteiger partial charge in [-0.1, -0.05) is 12.1 Å². The summed E-state index contributed by atoms with van der Waals surface area (Å²) in [5, 5.41) is 0. The van der Waals surface area contributed by atoms with Crippen LogP contribution in [-0.2, 0) is 4.74 Å². The van der Waals surface area contributed by atoms with E-state index in [4.69, 9.17) is 4.74 Å². The monoisotopic (exact) mass is 333 g/mol. The first-order valence-corrected chi connectivity index (χ1v) is 8.56. The largest absolute Gasteiger partial charge is 0.444 e. The number of hydrogen-bond donors (Lipinski definition) is 0. The predicted molar refractivity (Wildman–Crippen MR) is 88.3 cm³/mol. The van der Waals surface area contributed by atoms with E-state index in [1.54, 1.807) is 23.1 Å². The SMILES string of the molecule is CC(C)(C)OC(=O)N1C2CCC1CC(C(=O)c1ccccc1F)C2. The number of carbonyl (C=O) groups is 2. The summed E-state index contributed by atoms with van der Waals surface area (Å²) in [6, 6.07) is 6.15. The Hall–Kier alpha value is -1.91. The number of amides is 1. The number of hydrogen-bond acceptors (Lipinski definition) is 3. The van der Waals surface area contributed by atoms with Gasteiger partial charge in [0.05, 0.1) is 5.56 Å². The lowest BCUT2D eigenvalue weighted by Crippen LogP contribution is -2.49. The highest BCUT2D eigenvalue weighted by Gasteiger charge is 2.46. The van der Waals surface area contributed by atoms with Gasteiger partial charge >= 0.3 is 6.09 Å². The van der Waals surface area contributed by atoms with E-state index in [2.05, 4.69) is 0 Å². The Morgan fingerprint density at radius 1 is 1.12 bits per heavy atom. The minimum Gasteiger partial charge on any atom is -0.444 e. The molecule has 5 heteroatoms. The van der Waals surface area contributed by atoms with Crippen LogP contribution in [0.25, 0.3) is 0 Å². The first kappa shape index (κ1) is 16.9. The van der Waals surface area contributed by atoms with Crippen LogP contribution in [0.5, 0.6) is 0 Å². The zero-order chi connectivity index (χ0) is 17.5. The summed E-state index contributed by atoms with van der Waals surface area (Å²) in [5.41, 5.74) is -0.372. The number of piperidine rings is 1. The van der Waals surface area contributed by atoms with Crippen LogP contribution in [0, 0.1) is 11.7 Å². The van der Waals surface area contributed by atoms with Crippen molar-refractivity contribution in [3.63, 3.8) is 0 Å². The van der Waals surface area contributed by atoms with Crippen molar-refractivity contribution in [1.29, 1.82) is 0 Å². The molecule has 2 aliphatic rings. The molecule has 130 valence electrons. The third kappa shape index (κ3) is 3.30. The second kappa shape index (κ2) is 6.19. The molecular weight excluding hydrogens is 309 g/mol. The highest BCUT2D eigenvalue weighted by atomic mass is 19.1. The zero-order valence-electron chi connectivity index (χ0n) is 14.4. The average Bonchev–Trinajstić information content (AvgIpc) is 2.76. The van der Waals surface area contributed by atoms with Gasteiger partial charge in [-0.25, -0.2) is 9.18 Å². The number of rotatable bonds is 2. The zero-order valence-corrected chi connectivity index (χ0v) is 14.4. The van der Waals surface area contributed by atoms with Crippen molar-refractivity contribution in [2.24, 2.45) is 5.92 Å². The molecule has 0 spiro atoms. The smallest absolute Gasteiger partial charge is 0.410 e. The fraction of sp³-hybridized carbons (Fsp3) is 0.579. The first-order valence-electron chi connectivity index (χ1n) is 8.56. The Labute approximate surface area is 142 Å². The number of carbonyl (C=O) groups excluding carboxylic acids is 2. The van der Waals surface area contributed by atoms with Crippen molar-refractivity contribution in [1.82, 2.24) is 4.90 Å². The van der Waals surface area contributed by atoms with Gasteiger partial charge in [0.25, 0.3) is 0 Å². The maximum Gasteiger partial charge on any atom is 0.410 e. The van der Waals surface area contributed by atoms with Crippen LogP contribution in [0.2, 0.25) is 0 Å². The van der Waals surface area contributed by atoms with Crippen LogP contribution in [0.3, 0.4) is 0 Å². The number of nitrogens with zero attached hydrogens (tertiary/aromatic N) is 1. The number of benzene rings is 1. The van der Waals surface area contributed by atoms with E-state index >= 15 is 0 Å². The van der Waals surface area contributed by atoms with Crippen molar-refractivity contribution in [2.45, 2.75) is 64.1 Å². The van der Waals surface area contributed by atoms with Gasteiger partial charge in [0, 0.05) is 18.0 Å². The lowest BCUT2D eigenvalue weighted by molar-refractivity contribution is 0.00250. The lowest BCUT2D eigenvalue weighted by Gasteiger charge is -2.39. The quantitative estimate of drug-likeness (QED) is 0.763. The topological polar surface area (TPSA) is 46.6 Å². The van der Waals surface area contributed by atoms with Gasteiger partial charge in [-0.3, -0.25) is 4.79 Å². The van der Waals surface area contributed by atoms with E-state index in [1.165, 1.54) is 6.07 Å². The highest BCUT2D eigenvalue weighted by molar-refractivity contribution is 5.98. The van der Waals surface area contributed by atoms with E-state index in [0.29, 0.717) is 12.8 Å². The molecule has 1 amide bonds. The summed E-state index contributed by atoms with van der Waals surface area (Å²) in [6.45, 7) is 5.55. The van der Waals surface area contributed by atoms with Crippen LogP contribution < -0.4 is 0 Å². The molecular formula is C19H24FNO3. The standard InChI is InChI=1S/C19H24FNO3/c1-19(2,3)24-18(23)21-13-8-9-14(21)11-12(10-13)17(22)15-6-4-5-7-16(15)20/h4-7,12-14H,8-11H2,1-3H3. The number of ether oxygens (including phenoxy) is 1. The summed E-state index contributed by atoms with van der Waals surface area (Å²) in [7, 11) is 0. The molecule has 0 saturated carbocycles. The normalized spacial score (nSPS) is 26.3. The third-order valence-electron chi connectivity index (χ3n) is 4.85. The van der Waals surface area contributed by atoms with Gasteiger partial charge in [0.15, 0.2) is 5.78 Å². The molecule has 0 aromatic heterocycles. The fourth-order valence-corrected chi connectivity index (χ4v) is 3.88. The van der Waals surface area contributed by atoms with Gasteiger partial charge in [-0.05, 0) is 58.6 Å². The van der Waals surface area contributed by atoms with Crippen molar-refractivity contribution in [3.05, 3.63) is 35.6 Å². The van der Waals surface area contributed by atoms with Gasteiger partial charge in [0.2, 0.25) is 0 Å². The van der Waals surface area contributed by atoms with Gasteiger partial charge in [-0.15, -0.1) is 0 Å². The lowest BCUT2D eigenvalue weighted by atomic mass is 9.85. The van der Waals surface area contributed by atoms with Crippen molar-refractivity contribution >= 4 is 11.9 Å². The minimum atomic E-state index is -0.531. The molecule has 24 heavy (non-hydrogen) atoms.